The smallest absolute Gasteiger partial charge is 0.550 e. The van der Waals surface area contributed by atoms with E-state index in [0.29, 0.717) is 6.42 Å². The second kappa shape index (κ2) is 9.42. The standard InChI is InChI=1S/C14H21NO2.Na/c1-3-12-8-5-6-9-13(12)15(4-2)11-7-10-14(16)17;/h5-6,8-9H,3-4,7,10-11H2,1-2H3,(H,16,17);/q;+1/p-1. The summed E-state index contributed by atoms with van der Waals surface area (Å²) in [6.45, 7) is 5.88. The summed E-state index contributed by atoms with van der Waals surface area (Å²) in [6, 6.07) is 8.28. The molecule has 18 heavy (non-hydrogen) atoms. The van der Waals surface area contributed by atoms with Crippen molar-refractivity contribution < 1.29 is 39.5 Å². The Kier molecular flexibility index (Phi) is 9.16. The summed E-state index contributed by atoms with van der Waals surface area (Å²) in [5.74, 6) is -0.968. The average Bonchev–Trinajstić information content (AvgIpc) is 2.34. The number of carbonyl (C=O) groups excluding carboxylic acids is 1. The Morgan fingerprint density at radius 3 is 2.50 bits per heavy atom. The zero-order valence-corrected chi connectivity index (χ0v) is 13.6. The largest absolute Gasteiger partial charge is 1.00 e. The number of anilines is 1. The second-order valence-corrected chi connectivity index (χ2v) is 4.04. The van der Waals surface area contributed by atoms with Crippen molar-refractivity contribution in [3.63, 3.8) is 0 Å². The van der Waals surface area contributed by atoms with Crippen molar-refractivity contribution >= 4 is 11.7 Å². The van der Waals surface area contributed by atoms with Gasteiger partial charge in [0.05, 0.1) is 0 Å². The number of rotatable bonds is 7. The zero-order chi connectivity index (χ0) is 12.7. The quantitative estimate of drug-likeness (QED) is 0.565. The summed E-state index contributed by atoms with van der Waals surface area (Å²) in [6.07, 6.45) is 1.76. The summed E-state index contributed by atoms with van der Waals surface area (Å²) in [5, 5.41) is 10.4. The minimum absolute atomic E-state index is 0. The number of hydrogen-bond acceptors (Lipinski definition) is 3. The molecule has 1 rings (SSSR count). The zero-order valence-electron chi connectivity index (χ0n) is 11.6. The van der Waals surface area contributed by atoms with Crippen molar-refractivity contribution in [1.29, 1.82) is 0 Å². The predicted octanol–water partition coefficient (Wildman–Crippen LogP) is -1.39. The van der Waals surface area contributed by atoms with E-state index in [1.807, 2.05) is 12.1 Å². The van der Waals surface area contributed by atoms with Crippen LogP contribution in [0.1, 0.15) is 32.3 Å². The molecule has 0 saturated carbocycles. The van der Waals surface area contributed by atoms with Gasteiger partial charge >= 0.3 is 29.6 Å². The number of carbonyl (C=O) groups is 1. The third-order valence-electron chi connectivity index (χ3n) is 2.90. The minimum atomic E-state index is -0.968. The van der Waals surface area contributed by atoms with Gasteiger partial charge in [-0.3, -0.25) is 0 Å². The van der Waals surface area contributed by atoms with E-state index in [4.69, 9.17) is 0 Å². The summed E-state index contributed by atoms with van der Waals surface area (Å²) < 4.78 is 0. The van der Waals surface area contributed by atoms with Crippen LogP contribution in [0.5, 0.6) is 0 Å². The van der Waals surface area contributed by atoms with Crippen molar-refractivity contribution in [1.82, 2.24) is 0 Å². The van der Waals surface area contributed by atoms with Gasteiger partial charge in [0.25, 0.3) is 0 Å². The molecule has 0 unspecified atom stereocenters. The Labute approximate surface area is 131 Å². The molecule has 0 aromatic heterocycles. The van der Waals surface area contributed by atoms with Gasteiger partial charge in [-0.1, -0.05) is 25.1 Å². The average molecular weight is 257 g/mol. The van der Waals surface area contributed by atoms with Crippen LogP contribution in [-0.2, 0) is 11.2 Å². The number of carboxylic acid groups (broad SMARTS) is 1. The van der Waals surface area contributed by atoms with Crippen LogP contribution < -0.4 is 39.6 Å². The first-order chi connectivity index (χ1) is 8.19. The molecule has 0 amide bonds. The maximum absolute atomic E-state index is 10.4. The number of aryl methyl sites for hydroxylation is 1. The van der Waals surface area contributed by atoms with Crippen LogP contribution in [0, 0.1) is 0 Å². The molecule has 0 radical (unpaired) electrons. The molecule has 0 N–H and O–H groups in total. The van der Waals surface area contributed by atoms with E-state index in [-0.39, 0.29) is 36.0 Å². The van der Waals surface area contributed by atoms with E-state index < -0.39 is 5.97 Å². The molecule has 0 spiro atoms. The van der Waals surface area contributed by atoms with Gasteiger partial charge in [0.1, 0.15) is 0 Å². The topological polar surface area (TPSA) is 43.4 Å². The van der Waals surface area contributed by atoms with Gasteiger partial charge in [-0.15, -0.1) is 0 Å². The molecule has 94 valence electrons. The van der Waals surface area contributed by atoms with Crippen LogP contribution in [-0.4, -0.2) is 19.1 Å². The Balaban J connectivity index is 0.00000289. The van der Waals surface area contributed by atoms with Crippen LogP contribution in [0.15, 0.2) is 24.3 Å². The van der Waals surface area contributed by atoms with Gasteiger partial charge in [0.2, 0.25) is 0 Å². The fourth-order valence-corrected chi connectivity index (χ4v) is 1.98. The van der Waals surface area contributed by atoms with Gasteiger partial charge in [0.15, 0.2) is 0 Å². The first-order valence-corrected chi connectivity index (χ1v) is 6.21. The van der Waals surface area contributed by atoms with Crippen LogP contribution in [0.25, 0.3) is 0 Å². The van der Waals surface area contributed by atoms with Gasteiger partial charge in [-0.2, -0.15) is 0 Å². The first kappa shape index (κ1) is 17.5. The molecule has 0 saturated heterocycles. The maximum Gasteiger partial charge on any atom is 1.00 e. The molecule has 0 aliphatic carbocycles. The van der Waals surface area contributed by atoms with Gasteiger partial charge in [-0.25, -0.2) is 0 Å². The van der Waals surface area contributed by atoms with Gasteiger partial charge in [0, 0.05) is 24.7 Å². The Bertz CT molecular complexity index is 369. The molecule has 3 nitrogen and oxygen atoms in total. The SMILES string of the molecule is CCc1ccccc1N(CC)CCCC(=O)[O-].[Na+]. The van der Waals surface area contributed by atoms with Crippen molar-refractivity contribution in [2.24, 2.45) is 0 Å². The van der Waals surface area contributed by atoms with Gasteiger partial charge in [-0.05, 0) is 37.8 Å². The van der Waals surface area contributed by atoms with Crippen LogP contribution >= 0.6 is 0 Å². The van der Waals surface area contributed by atoms with Crippen molar-refractivity contribution in [3.05, 3.63) is 29.8 Å². The van der Waals surface area contributed by atoms with E-state index in [1.54, 1.807) is 0 Å². The molecule has 0 aliphatic heterocycles. The van der Waals surface area contributed by atoms with Crippen molar-refractivity contribution in [3.8, 4) is 0 Å². The van der Waals surface area contributed by atoms with E-state index in [9.17, 15) is 9.90 Å². The molecule has 4 heteroatoms. The van der Waals surface area contributed by atoms with Crippen LogP contribution in [0.3, 0.4) is 0 Å². The fourth-order valence-electron chi connectivity index (χ4n) is 1.98. The third-order valence-corrected chi connectivity index (χ3v) is 2.90. The minimum Gasteiger partial charge on any atom is -0.550 e. The Morgan fingerprint density at radius 2 is 1.94 bits per heavy atom. The van der Waals surface area contributed by atoms with Crippen molar-refractivity contribution in [2.45, 2.75) is 33.1 Å². The van der Waals surface area contributed by atoms with Gasteiger partial charge < -0.3 is 14.8 Å². The first-order valence-electron chi connectivity index (χ1n) is 6.21. The fraction of sp³-hybridized carbons (Fsp3) is 0.500. The predicted molar refractivity (Wildman–Crippen MR) is 67.9 cm³/mol. The normalized spacial score (nSPS) is 9.67. The Hall–Kier alpha value is -0.510. The Morgan fingerprint density at radius 1 is 1.28 bits per heavy atom. The molecular formula is C14H20NNaO2. The summed E-state index contributed by atoms with van der Waals surface area (Å²) >= 11 is 0. The van der Waals surface area contributed by atoms with Crippen LogP contribution in [0.4, 0.5) is 5.69 Å². The van der Waals surface area contributed by atoms with Crippen molar-refractivity contribution in [2.75, 3.05) is 18.0 Å². The van der Waals surface area contributed by atoms with Crippen LogP contribution in [0.2, 0.25) is 0 Å². The number of benzene rings is 1. The molecule has 0 heterocycles. The number of para-hydroxylation sites is 1. The van der Waals surface area contributed by atoms with E-state index in [1.165, 1.54) is 11.3 Å². The number of hydrogen-bond donors (Lipinski definition) is 0. The monoisotopic (exact) mass is 257 g/mol. The molecule has 1 aromatic rings. The van der Waals surface area contributed by atoms with E-state index in [0.717, 1.165) is 19.5 Å². The molecule has 0 fully saturated rings. The van der Waals surface area contributed by atoms with E-state index in [2.05, 4.69) is 30.9 Å². The van der Waals surface area contributed by atoms with E-state index >= 15 is 0 Å². The second-order valence-electron chi connectivity index (χ2n) is 4.04. The molecule has 0 aliphatic rings. The summed E-state index contributed by atoms with van der Waals surface area (Å²) in [7, 11) is 0. The maximum atomic E-state index is 10.4. The number of aliphatic carboxylic acids is 1. The molecule has 0 atom stereocenters. The third kappa shape index (κ3) is 5.42. The summed E-state index contributed by atoms with van der Waals surface area (Å²) in [5.41, 5.74) is 2.53. The molecule has 0 bridgehead atoms. The molecule has 1 aromatic carbocycles. The number of nitrogens with zero attached hydrogens (tertiary/aromatic N) is 1. The summed E-state index contributed by atoms with van der Waals surface area (Å²) in [4.78, 5) is 12.6. The number of carboxylic acids is 1. The molecular weight excluding hydrogens is 237 g/mol.